The highest BCUT2D eigenvalue weighted by Crippen LogP contribution is 2.11. The van der Waals surface area contributed by atoms with Gasteiger partial charge in [0.25, 0.3) is 5.91 Å². The van der Waals surface area contributed by atoms with Crippen molar-refractivity contribution in [2.45, 2.75) is 25.8 Å². The number of nitrogens with one attached hydrogen (secondary N) is 2. The fourth-order valence-corrected chi connectivity index (χ4v) is 3.04. The van der Waals surface area contributed by atoms with Crippen LogP contribution in [-0.2, 0) is 0 Å². The average Bonchev–Trinajstić information content (AvgIpc) is 2.83. The minimum atomic E-state index is 0.0265. The highest BCUT2D eigenvalue weighted by molar-refractivity contribution is 9.10. The van der Waals surface area contributed by atoms with Crippen LogP contribution in [0.4, 0.5) is 0 Å². The summed E-state index contributed by atoms with van der Waals surface area (Å²) in [5, 5.41) is 3.05. The molecule has 1 heterocycles. The number of likely N-dealkylation sites (tertiary alicyclic amines) is 1. The number of quaternary nitrogens is 1. The molecule has 18 heavy (non-hydrogen) atoms. The van der Waals surface area contributed by atoms with Gasteiger partial charge in [0, 0.05) is 22.9 Å². The Morgan fingerprint density at radius 3 is 3.11 bits per heavy atom. The van der Waals surface area contributed by atoms with Crippen LogP contribution >= 0.6 is 15.9 Å². The molecule has 1 aromatic rings. The van der Waals surface area contributed by atoms with Gasteiger partial charge in [0.15, 0.2) is 0 Å². The third-order valence-electron chi connectivity index (χ3n) is 3.68. The zero-order valence-electron chi connectivity index (χ0n) is 10.7. The van der Waals surface area contributed by atoms with E-state index in [4.69, 9.17) is 0 Å². The molecular formula is C14H20BrN2O+. The van der Waals surface area contributed by atoms with Crippen molar-refractivity contribution >= 4 is 21.8 Å². The van der Waals surface area contributed by atoms with Gasteiger partial charge in [-0.15, -0.1) is 0 Å². The average molecular weight is 312 g/mol. The Morgan fingerprint density at radius 1 is 1.56 bits per heavy atom. The van der Waals surface area contributed by atoms with Gasteiger partial charge < -0.3 is 10.2 Å². The summed E-state index contributed by atoms with van der Waals surface area (Å²) in [6.45, 7) is 5.39. The topological polar surface area (TPSA) is 33.5 Å². The maximum atomic E-state index is 12.0. The Hall–Kier alpha value is -0.870. The molecule has 3 nitrogen and oxygen atoms in total. The molecule has 2 N–H and O–H groups in total. The van der Waals surface area contributed by atoms with E-state index in [1.54, 1.807) is 4.90 Å². The van der Waals surface area contributed by atoms with Crippen LogP contribution in [0.1, 0.15) is 30.1 Å². The quantitative estimate of drug-likeness (QED) is 0.862. The lowest BCUT2D eigenvalue weighted by molar-refractivity contribution is -0.909. The van der Waals surface area contributed by atoms with Gasteiger partial charge in [-0.2, -0.15) is 0 Å². The summed E-state index contributed by atoms with van der Waals surface area (Å²) in [6.07, 6.45) is 2.50. The second-order valence-corrected chi connectivity index (χ2v) is 5.74. The van der Waals surface area contributed by atoms with Crippen LogP contribution in [0.25, 0.3) is 0 Å². The van der Waals surface area contributed by atoms with Crippen molar-refractivity contribution in [3.63, 3.8) is 0 Å². The maximum Gasteiger partial charge on any atom is 0.251 e. The Balaban J connectivity index is 1.88. The number of carbonyl (C=O) groups excluding carboxylic acids is 1. The van der Waals surface area contributed by atoms with Gasteiger partial charge in [-0.1, -0.05) is 22.0 Å². The molecule has 0 aromatic heterocycles. The molecule has 0 bridgehead atoms. The van der Waals surface area contributed by atoms with Crippen LogP contribution in [-0.4, -0.2) is 31.6 Å². The predicted molar refractivity (Wildman–Crippen MR) is 75.9 cm³/mol. The fraction of sp³-hybridized carbons (Fsp3) is 0.500. The molecule has 0 saturated carbocycles. The second kappa shape index (κ2) is 6.34. The monoisotopic (exact) mass is 311 g/mol. The van der Waals surface area contributed by atoms with Gasteiger partial charge in [0.1, 0.15) is 6.04 Å². The van der Waals surface area contributed by atoms with Gasteiger partial charge in [-0.05, 0) is 25.1 Å². The van der Waals surface area contributed by atoms with Crippen LogP contribution in [0.2, 0.25) is 0 Å². The maximum absolute atomic E-state index is 12.0. The Labute approximate surface area is 117 Å². The molecule has 1 aliphatic heterocycles. The van der Waals surface area contributed by atoms with Crippen LogP contribution in [0.5, 0.6) is 0 Å². The summed E-state index contributed by atoms with van der Waals surface area (Å²) in [5.74, 6) is 0.0265. The third kappa shape index (κ3) is 3.33. The molecular weight excluding hydrogens is 292 g/mol. The van der Waals surface area contributed by atoms with E-state index >= 15 is 0 Å². The molecule has 1 fully saturated rings. The molecule has 1 unspecified atom stereocenters. The zero-order valence-corrected chi connectivity index (χ0v) is 12.3. The van der Waals surface area contributed by atoms with Crippen molar-refractivity contribution in [3.05, 3.63) is 34.3 Å². The lowest BCUT2D eigenvalue weighted by Gasteiger charge is -2.20. The standard InChI is InChI=1S/C14H19BrN2O/c1-2-17-8-4-7-13(17)10-16-14(18)11-5-3-6-12(15)9-11/h3,5-6,9,13H,2,4,7-8,10H2,1H3,(H,16,18)/p+1/t13-/m1/s1. The van der Waals surface area contributed by atoms with Crippen molar-refractivity contribution in [1.82, 2.24) is 5.32 Å². The molecule has 1 saturated heterocycles. The number of rotatable bonds is 4. The molecule has 98 valence electrons. The second-order valence-electron chi connectivity index (χ2n) is 4.82. The van der Waals surface area contributed by atoms with Crippen molar-refractivity contribution in [2.24, 2.45) is 0 Å². The summed E-state index contributed by atoms with van der Waals surface area (Å²) in [4.78, 5) is 13.6. The van der Waals surface area contributed by atoms with E-state index in [1.165, 1.54) is 19.4 Å². The van der Waals surface area contributed by atoms with Crippen molar-refractivity contribution < 1.29 is 9.69 Å². The van der Waals surface area contributed by atoms with E-state index in [-0.39, 0.29) is 5.91 Å². The molecule has 2 atom stereocenters. The number of hydrogen-bond acceptors (Lipinski definition) is 1. The zero-order chi connectivity index (χ0) is 13.0. The normalized spacial score (nSPS) is 23.0. The van der Waals surface area contributed by atoms with Gasteiger partial charge in [-0.25, -0.2) is 0 Å². The van der Waals surface area contributed by atoms with E-state index < -0.39 is 0 Å². The SMILES string of the molecule is CC[NH+]1CCC[C@@H]1CNC(=O)c1cccc(Br)c1. The summed E-state index contributed by atoms with van der Waals surface area (Å²) in [6, 6.07) is 8.11. The van der Waals surface area contributed by atoms with E-state index in [9.17, 15) is 4.79 Å². The van der Waals surface area contributed by atoms with Crippen LogP contribution in [0.15, 0.2) is 28.7 Å². The van der Waals surface area contributed by atoms with Crippen LogP contribution in [0.3, 0.4) is 0 Å². The highest BCUT2D eigenvalue weighted by atomic mass is 79.9. The molecule has 0 aliphatic carbocycles. The highest BCUT2D eigenvalue weighted by Gasteiger charge is 2.27. The van der Waals surface area contributed by atoms with Crippen molar-refractivity contribution in [2.75, 3.05) is 19.6 Å². The smallest absolute Gasteiger partial charge is 0.251 e. The summed E-state index contributed by atoms with van der Waals surface area (Å²) < 4.78 is 0.942. The molecule has 1 aromatic carbocycles. The van der Waals surface area contributed by atoms with Gasteiger partial charge in [0.05, 0.1) is 19.6 Å². The first kappa shape index (κ1) is 13.6. The first-order valence-corrected chi connectivity index (χ1v) is 7.38. The first-order valence-electron chi connectivity index (χ1n) is 6.59. The number of benzene rings is 1. The Kier molecular flexibility index (Phi) is 4.78. The molecule has 0 spiro atoms. The largest absolute Gasteiger partial charge is 0.346 e. The third-order valence-corrected chi connectivity index (χ3v) is 4.17. The number of amides is 1. The minimum Gasteiger partial charge on any atom is -0.346 e. The summed E-state index contributed by atoms with van der Waals surface area (Å²) in [5.41, 5.74) is 0.723. The number of halogens is 1. The van der Waals surface area contributed by atoms with Crippen LogP contribution in [0, 0.1) is 0 Å². The first-order chi connectivity index (χ1) is 8.70. The lowest BCUT2D eigenvalue weighted by Crippen LogP contribution is -3.14. The molecule has 2 rings (SSSR count). The predicted octanol–water partition coefficient (Wildman–Crippen LogP) is 1.25. The van der Waals surface area contributed by atoms with Gasteiger partial charge in [-0.3, -0.25) is 4.79 Å². The summed E-state index contributed by atoms with van der Waals surface area (Å²) >= 11 is 3.38. The molecule has 4 heteroatoms. The number of hydrogen-bond donors (Lipinski definition) is 2. The molecule has 1 amide bonds. The number of likely N-dealkylation sites (N-methyl/N-ethyl adjacent to an activating group) is 1. The van der Waals surface area contributed by atoms with Crippen LogP contribution < -0.4 is 10.2 Å². The summed E-state index contributed by atoms with van der Waals surface area (Å²) in [7, 11) is 0. The fourth-order valence-electron chi connectivity index (χ4n) is 2.64. The van der Waals surface area contributed by atoms with E-state index in [1.807, 2.05) is 24.3 Å². The molecule has 0 radical (unpaired) electrons. The Morgan fingerprint density at radius 2 is 2.39 bits per heavy atom. The van der Waals surface area contributed by atoms with E-state index in [2.05, 4.69) is 28.2 Å². The molecule has 1 aliphatic rings. The van der Waals surface area contributed by atoms with E-state index in [0.29, 0.717) is 6.04 Å². The Bertz CT molecular complexity index is 422. The number of carbonyl (C=O) groups is 1. The van der Waals surface area contributed by atoms with Crippen molar-refractivity contribution in [3.8, 4) is 0 Å². The van der Waals surface area contributed by atoms with Gasteiger partial charge in [0.2, 0.25) is 0 Å². The minimum absolute atomic E-state index is 0.0265. The van der Waals surface area contributed by atoms with E-state index in [0.717, 1.165) is 23.1 Å². The van der Waals surface area contributed by atoms with Crippen molar-refractivity contribution in [1.29, 1.82) is 0 Å². The lowest BCUT2D eigenvalue weighted by atomic mass is 10.2. The van der Waals surface area contributed by atoms with Gasteiger partial charge >= 0.3 is 0 Å².